The molecular weight excluding hydrogens is 288 g/mol. The van der Waals surface area contributed by atoms with Gasteiger partial charge in [-0.25, -0.2) is 4.79 Å². The number of aryl methyl sites for hydroxylation is 2. The highest BCUT2D eigenvalue weighted by Crippen LogP contribution is 2.37. The monoisotopic (exact) mass is 308 g/mol. The van der Waals surface area contributed by atoms with Gasteiger partial charge in [0.25, 0.3) is 0 Å². The molecule has 118 valence electrons. The van der Waals surface area contributed by atoms with Crippen molar-refractivity contribution in [3.8, 4) is 5.75 Å². The molecular formula is C20H20O3. The maximum Gasteiger partial charge on any atom is 0.513 e. The van der Waals surface area contributed by atoms with E-state index in [4.69, 9.17) is 9.47 Å². The van der Waals surface area contributed by atoms with Crippen LogP contribution < -0.4 is 4.74 Å². The number of hydrogen-bond donors (Lipinski definition) is 0. The second kappa shape index (κ2) is 6.29. The van der Waals surface area contributed by atoms with Crippen LogP contribution in [0.1, 0.15) is 24.5 Å². The molecule has 0 amide bonds. The fraction of sp³-hybridized carbons (Fsp3) is 0.250. The molecule has 0 unspecified atom stereocenters. The zero-order valence-electron chi connectivity index (χ0n) is 13.7. The number of hydrogen-bond acceptors (Lipinski definition) is 3. The largest absolute Gasteiger partial charge is 0.513 e. The molecule has 0 bridgehead atoms. The fourth-order valence-corrected chi connectivity index (χ4v) is 2.96. The second-order valence-electron chi connectivity index (χ2n) is 5.81. The van der Waals surface area contributed by atoms with Crippen molar-refractivity contribution in [2.75, 3.05) is 6.61 Å². The summed E-state index contributed by atoms with van der Waals surface area (Å²) in [6, 6.07) is 14.3. The van der Waals surface area contributed by atoms with Gasteiger partial charge < -0.3 is 9.47 Å². The minimum absolute atomic E-state index is 0.361. The van der Waals surface area contributed by atoms with E-state index >= 15 is 0 Å². The summed E-state index contributed by atoms with van der Waals surface area (Å²) in [5.74, 6) is 0.580. The number of carbonyl (C=O) groups is 1. The van der Waals surface area contributed by atoms with Crippen LogP contribution in [0, 0.1) is 13.8 Å². The maximum absolute atomic E-state index is 12.0. The van der Waals surface area contributed by atoms with E-state index in [0.717, 1.165) is 33.5 Å². The van der Waals surface area contributed by atoms with Crippen LogP contribution in [0.5, 0.6) is 5.75 Å². The van der Waals surface area contributed by atoms with Crippen molar-refractivity contribution in [2.45, 2.75) is 27.2 Å². The Morgan fingerprint density at radius 1 is 1.04 bits per heavy atom. The molecule has 0 atom stereocenters. The van der Waals surface area contributed by atoms with Gasteiger partial charge in [0, 0.05) is 10.8 Å². The number of rotatable bonds is 3. The highest BCUT2D eigenvalue weighted by molar-refractivity contribution is 6.07. The lowest BCUT2D eigenvalue weighted by molar-refractivity contribution is 0.100. The van der Waals surface area contributed by atoms with E-state index in [1.807, 2.05) is 38.1 Å². The van der Waals surface area contributed by atoms with Crippen molar-refractivity contribution in [2.24, 2.45) is 0 Å². The summed E-state index contributed by atoms with van der Waals surface area (Å²) in [7, 11) is 0. The van der Waals surface area contributed by atoms with Crippen molar-refractivity contribution < 1.29 is 14.3 Å². The number of benzene rings is 3. The lowest BCUT2D eigenvalue weighted by Gasteiger charge is -2.14. The van der Waals surface area contributed by atoms with Crippen LogP contribution in [0.25, 0.3) is 21.5 Å². The van der Waals surface area contributed by atoms with Crippen molar-refractivity contribution >= 4 is 27.7 Å². The number of ether oxygens (including phenoxy) is 2. The van der Waals surface area contributed by atoms with E-state index in [0.29, 0.717) is 12.4 Å². The molecule has 3 nitrogen and oxygen atoms in total. The summed E-state index contributed by atoms with van der Waals surface area (Å²) in [5, 5.41) is 3.99. The molecule has 0 fully saturated rings. The van der Waals surface area contributed by atoms with E-state index in [2.05, 4.69) is 25.1 Å². The van der Waals surface area contributed by atoms with Gasteiger partial charge >= 0.3 is 6.16 Å². The summed E-state index contributed by atoms with van der Waals surface area (Å²) in [5.41, 5.74) is 2.27. The lowest BCUT2D eigenvalue weighted by atomic mass is 9.97. The Balaban J connectivity index is 2.23. The SMILES string of the molecule is CCCOC(=O)Oc1c2ccccc2cc2cc(C)cc(C)c12. The molecule has 23 heavy (non-hydrogen) atoms. The van der Waals surface area contributed by atoms with Crippen LogP contribution in [-0.2, 0) is 4.74 Å². The maximum atomic E-state index is 12.0. The van der Waals surface area contributed by atoms with Crippen molar-refractivity contribution in [1.29, 1.82) is 0 Å². The highest BCUT2D eigenvalue weighted by Gasteiger charge is 2.15. The molecule has 0 saturated heterocycles. The minimum atomic E-state index is -0.649. The molecule has 0 aliphatic carbocycles. The van der Waals surface area contributed by atoms with Crippen molar-refractivity contribution in [3.05, 3.63) is 53.6 Å². The summed E-state index contributed by atoms with van der Waals surface area (Å²) >= 11 is 0. The summed E-state index contributed by atoms with van der Waals surface area (Å²) in [4.78, 5) is 12.0. The molecule has 3 aromatic carbocycles. The Bertz CT molecular complexity index is 881. The molecule has 0 heterocycles. The van der Waals surface area contributed by atoms with E-state index < -0.39 is 6.16 Å². The van der Waals surface area contributed by atoms with Crippen LogP contribution >= 0.6 is 0 Å². The van der Waals surface area contributed by atoms with Gasteiger partial charge in [-0.3, -0.25) is 0 Å². The molecule has 3 rings (SSSR count). The average molecular weight is 308 g/mol. The van der Waals surface area contributed by atoms with Crippen LogP contribution in [0.15, 0.2) is 42.5 Å². The lowest BCUT2D eigenvalue weighted by Crippen LogP contribution is -2.11. The van der Waals surface area contributed by atoms with E-state index in [1.165, 1.54) is 5.56 Å². The highest BCUT2D eigenvalue weighted by atomic mass is 16.7. The quantitative estimate of drug-likeness (QED) is 0.362. The van der Waals surface area contributed by atoms with Crippen LogP contribution in [0.3, 0.4) is 0 Å². The Morgan fingerprint density at radius 2 is 1.83 bits per heavy atom. The third kappa shape index (κ3) is 3.00. The predicted octanol–water partition coefficient (Wildman–Crippen LogP) is 5.54. The van der Waals surface area contributed by atoms with Gasteiger partial charge in [0.2, 0.25) is 0 Å². The Kier molecular flexibility index (Phi) is 4.20. The molecule has 0 N–H and O–H groups in total. The van der Waals surface area contributed by atoms with Gasteiger partial charge in [-0.05, 0) is 42.7 Å². The van der Waals surface area contributed by atoms with E-state index in [9.17, 15) is 4.79 Å². The van der Waals surface area contributed by atoms with Crippen LogP contribution in [0.4, 0.5) is 4.79 Å². The summed E-state index contributed by atoms with van der Waals surface area (Å²) in [6.45, 7) is 6.42. The topological polar surface area (TPSA) is 35.5 Å². The molecule has 0 aromatic heterocycles. The zero-order valence-corrected chi connectivity index (χ0v) is 13.7. The molecule has 0 aliphatic rings. The fourth-order valence-electron chi connectivity index (χ4n) is 2.96. The predicted molar refractivity (Wildman–Crippen MR) is 93.2 cm³/mol. The zero-order chi connectivity index (χ0) is 16.4. The number of carbonyl (C=O) groups excluding carboxylic acids is 1. The average Bonchev–Trinajstić information content (AvgIpc) is 2.52. The Labute approximate surface area is 135 Å². The Morgan fingerprint density at radius 3 is 2.61 bits per heavy atom. The molecule has 3 heteroatoms. The van der Waals surface area contributed by atoms with Gasteiger partial charge in [0.15, 0.2) is 0 Å². The first-order valence-electron chi connectivity index (χ1n) is 7.87. The first-order valence-corrected chi connectivity index (χ1v) is 7.87. The summed E-state index contributed by atoms with van der Waals surface area (Å²) < 4.78 is 10.7. The van der Waals surface area contributed by atoms with Crippen LogP contribution in [0.2, 0.25) is 0 Å². The normalized spacial score (nSPS) is 10.9. The molecule has 0 aliphatic heterocycles. The second-order valence-corrected chi connectivity index (χ2v) is 5.81. The van der Waals surface area contributed by atoms with Crippen molar-refractivity contribution in [1.82, 2.24) is 0 Å². The first kappa shape index (κ1) is 15.3. The van der Waals surface area contributed by atoms with Crippen molar-refractivity contribution in [3.63, 3.8) is 0 Å². The van der Waals surface area contributed by atoms with Gasteiger partial charge in [0.1, 0.15) is 5.75 Å². The molecule has 0 spiro atoms. The van der Waals surface area contributed by atoms with Crippen LogP contribution in [-0.4, -0.2) is 12.8 Å². The smallest absolute Gasteiger partial charge is 0.434 e. The number of fused-ring (bicyclic) bond motifs is 2. The van der Waals surface area contributed by atoms with Gasteiger partial charge in [-0.15, -0.1) is 0 Å². The molecule has 3 aromatic rings. The van der Waals surface area contributed by atoms with Gasteiger partial charge in [-0.1, -0.05) is 48.9 Å². The molecule has 0 radical (unpaired) electrons. The minimum Gasteiger partial charge on any atom is -0.434 e. The third-order valence-corrected chi connectivity index (χ3v) is 3.86. The first-order chi connectivity index (χ1) is 11.1. The molecule has 0 saturated carbocycles. The van der Waals surface area contributed by atoms with E-state index in [1.54, 1.807) is 0 Å². The summed E-state index contributed by atoms with van der Waals surface area (Å²) in [6.07, 6.45) is 0.119. The standard InChI is InChI=1S/C20H20O3/c1-4-9-22-20(21)23-19-17-8-6-5-7-15(17)12-16-11-13(2)10-14(3)18(16)19/h5-8,10-12H,4,9H2,1-3H3. The van der Waals surface area contributed by atoms with E-state index in [-0.39, 0.29) is 0 Å². The van der Waals surface area contributed by atoms with Gasteiger partial charge in [0.05, 0.1) is 6.61 Å². The van der Waals surface area contributed by atoms with Gasteiger partial charge in [-0.2, -0.15) is 0 Å². The Hall–Kier alpha value is -2.55. The third-order valence-electron chi connectivity index (χ3n) is 3.86.